The number of benzene rings is 1. The lowest BCUT2D eigenvalue weighted by molar-refractivity contribution is -0.137. The lowest BCUT2D eigenvalue weighted by Gasteiger charge is -2.13. The van der Waals surface area contributed by atoms with Gasteiger partial charge >= 0.3 is 6.18 Å². The van der Waals surface area contributed by atoms with Gasteiger partial charge in [-0.25, -0.2) is 4.98 Å². The number of nitrogens with one attached hydrogen (secondary N) is 1. The van der Waals surface area contributed by atoms with Crippen LogP contribution in [0.1, 0.15) is 15.9 Å². The van der Waals surface area contributed by atoms with Crippen molar-refractivity contribution in [2.75, 3.05) is 6.54 Å². The van der Waals surface area contributed by atoms with Crippen molar-refractivity contribution in [3.05, 3.63) is 72.2 Å². The third-order valence-corrected chi connectivity index (χ3v) is 3.72. The second kappa shape index (κ2) is 7.38. The van der Waals surface area contributed by atoms with Crippen LogP contribution in [0.3, 0.4) is 0 Å². The fraction of sp³-hybridized carbons (Fsp3) is 0.167. The number of carbonyl (C=O) groups is 1. The van der Waals surface area contributed by atoms with Gasteiger partial charge in [0.15, 0.2) is 5.82 Å². The predicted molar refractivity (Wildman–Crippen MR) is 89.2 cm³/mol. The molecule has 0 atom stereocenters. The number of nitrogens with zero attached hydrogens (tertiary/aromatic N) is 3. The van der Waals surface area contributed by atoms with Gasteiger partial charge in [0.05, 0.1) is 11.1 Å². The molecule has 0 unspecified atom stereocenters. The molecule has 1 N–H and O–H groups in total. The van der Waals surface area contributed by atoms with E-state index in [0.29, 0.717) is 18.1 Å². The van der Waals surface area contributed by atoms with E-state index < -0.39 is 23.2 Å². The van der Waals surface area contributed by atoms with Gasteiger partial charge in [-0.2, -0.15) is 13.2 Å². The molecule has 1 amide bonds. The number of halogens is 3. The Kier molecular flexibility index (Phi) is 5.01. The Morgan fingerprint density at radius 1 is 1.04 bits per heavy atom. The molecule has 5 nitrogen and oxygen atoms in total. The van der Waals surface area contributed by atoms with Gasteiger partial charge in [0.25, 0.3) is 5.91 Å². The van der Waals surface area contributed by atoms with E-state index >= 15 is 0 Å². The van der Waals surface area contributed by atoms with Gasteiger partial charge in [-0.15, -0.1) is 0 Å². The zero-order valence-electron chi connectivity index (χ0n) is 13.6. The molecule has 3 aromatic rings. The first kappa shape index (κ1) is 17.7. The van der Waals surface area contributed by atoms with Crippen LogP contribution in [0.5, 0.6) is 0 Å². The van der Waals surface area contributed by atoms with Crippen molar-refractivity contribution in [1.82, 2.24) is 19.9 Å². The summed E-state index contributed by atoms with van der Waals surface area (Å²) in [7, 11) is 0. The zero-order valence-corrected chi connectivity index (χ0v) is 13.6. The Bertz CT molecular complexity index is 891. The number of aromatic nitrogens is 3. The third kappa shape index (κ3) is 3.90. The quantitative estimate of drug-likeness (QED) is 0.759. The van der Waals surface area contributed by atoms with Gasteiger partial charge < -0.3 is 9.88 Å². The largest absolute Gasteiger partial charge is 0.417 e. The number of imidazole rings is 1. The number of alkyl halides is 3. The number of pyridine rings is 1. The van der Waals surface area contributed by atoms with E-state index in [1.165, 1.54) is 12.1 Å². The Labute approximate surface area is 147 Å². The average Bonchev–Trinajstić information content (AvgIpc) is 3.10. The van der Waals surface area contributed by atoms with Crippen molar-refractivity contribution >= 4 is 5.91 Å². The summed E-state index contributed by atoms with van der Waals surface area (Å²) < 4.78 is 40.8. The molecule has 0 aliphatic carbocycles. The van der Waals surface area contributed by atoms with E-state index in [9.17, 15) is 18.0 Å². The first-order valence-electron chi connectivity index (χ1n) is 7.84. The van der Waals surface area contributed by atoms with Crippen LogP contribution in [0.2, 0.25) is 0 Å². The maximum absolute atomic E-state index is 13.0. The normalized spacial score (nSPS) is 11.3. The van der Waals surface area contributed by atoms with Crippen LogP contribution in [0.4, 0.5) is 13.2 Å². The fourth-order valence-corrected chi connectivity index (χ4v) is 2.53. The summed E-state index contributed by atoms with van der Waals surface area (Å²) >= 11 is 0. The molecule has 0 saturated carbocycles. The minimum atomic E-state index is -4.58. The summed E-state index contributed by atoms with van der Waals surface area (Å²) in [6.07, 6.45) is 0.388. The molecule has 0 fully saturated rings. The lowest BCUT2D eigenvalue weighted by atomic mass is 10.1. The van der Waals surface area contributed by atoms with E-state index in [4.69, 9.17) is 0 Å². The summed E-state index contributed by atoms with van der Waals surface area (Å²) in [5, 5.41) is 2.52. The number of hydrogen-bond donors (Lipinski definition) is 1. The summed E-state index contributed by atoms with van der Waals surface area (Å²) in [6.45, 7) is 0.507. The number of rotatable bonds is 5. The van der Waals surface area contributed by atoms with Crippen LogP contribution in [0, 0.1) is 0 Å². The van der Waals surface area contributed by atoms with E-state index in [1.807, 2.05) is 6.07 Å². The molecule has 0 radical (unpaired) electrons. The van der Waals surface area contributed by atoms with Crippen LogP contribution in [-0.2, 0) is 12.7 Å². The smallest absolute Gasteiger partial charge is 0.350 e. The highest BCUT2D eigenvalue weighted by atomic mass is 19.4. The van der Waals surface area contributed by atoms with Crippen molar-refractivity contribution in [2.24, 2.45) is 0 Å². The molecule has 0 spiro atoms. The Hall–Kier alpha value is -3.16. The van der Waals surface area contributed by atoms with Gasteiger partial charge in [-0.1, -0.05) is 18.2 Å². The molecular weight excluding hydrogens is 345 g/mol. The van der Waals surface area contributed by atoms with Crippen LogP contribution in [0.15, 0.2) is 61.1 Å². The third-order valence-electron chi connectivity index (χ3n) is 3.72. The minimum Gasteiger partial charge on any atom is -0.350 e. The molecular formula is C18H15F3N4O. The minimum absolute atomic E-state index is 0.154. The first-order chi connectivity index (χ1) is 12.5. The Morgan fingerprint density at radius 2 is 1.81 bits per heavy atom. The standard InChI is InChI=1S/C18H15F3N4O/c19-18(20,21)14-6-2-1-5-13(14)17(26)24-10-12-25-11-9-23-16(25)15-7-3-4-8-22-15/h1-9,11H,10,12H2,(H,24,26). The summed E-state index contributed by atoms with van der Waals surface area (Å²) in [4.78, 5) is 20.6. The molecule has 0 bridgehead atoms. The zero-order chi connectivity index (χ0) is 18.6. The number of carbonyl (C=O) groups excluding carboxylic acids is 1. The molecule has 134 valence electrons. The summed E-state index contributed by atoms with van der Waals surface area (Å²) in [6, 6.07) is 10.1. The highest BCUT2D eigenvalue weighted by Crippen LogP contribution is 2.31. The second-order valence-corrected chi connectivity index (χ2v) is 5.46. The molecule has 1 aromatic carbocycles. The lowest BCUT2D eigenvalue weighted by Crippen LogP contribution is -2.29. The van der Waals surface area contributed by atoms with Crippen LogP contribution >= 0.6 is 0 Å². The first-order valence-corrected chi connectivity index (χ1v) is 7.84. The van der Waals surface area contributed by atoms with Gasteiger partial charge in [0.1, 0.15) is 5.69 Å². The van der Waals surface area contributed by atoms with Crippen molar-refractivity contribution < 1.29 is 18.0 Å². The highest BCUT2D eigenvalue weighted by Gasteiger charge is 2.34. The average molecular weight is 360 g/mol. The van der Waals surface area contributed by atoms with Crippen molar-refractivity contribution in [2.45, 2.75) is 12.7 Å². The SMILES string of the molecule is O=C(NCCn1ccnc1-c1ccccn1)c1ccccc1C(F)(F)F. The van der Waals surface area contributed by atoms with Gasteiger partial charge in [-0.3, -0.25) is 9.78 Å². The van der Waals surface area contributed by atoms with Crippen LogP contribution < -0.4 is 5.32 Å². The van der Waals surface area contributed by atoms with Crippen LogP contribution in [0.25, 0.3) is 11.5 Å². The van der Waals surface area contributed by atoms with Crippen molar-refractivity contribution in [1.29, 1.82) is 0 Å². The maximum Gasteiger partial charge on any atom is 0.417 e. The van der Waals surface area contributed by atoms with E-state index in [2.05, 4.69) is 15.3 Å². The molecule has 2 heterocycles. The number of hydrogen-bond acceptors (Lipinski definition) is 3. The maximum atomic E-state index is 13.0. The van der Waals surface area contributed by atoms with Gasteiger partial charge in [0.2, 0.25) is 0 Å². The van der Waals surface area contributed by atoms with E-state index in [0.717, 1.165) is 12.1 Å². The van der Waals surface area contributed by atoms with E-state index in [-0.39, 0.29) is 6.54 Å². The molecule has 3 rings (SSSR count). The number of amides is 1. The molecule has 0 saturated heterocycles. The molecule has 26 heavy (non-hydrogen) atoms. The summed E-state index contributed by atoms with van der Waals surface area (Å²) in [5.74, 6) is -0.145. The summed E-state index contributed by atoms with van der Waals surface area (Å²) in [5.41, 5.74) is -0.670. The highest BCUT2D eigenvalue weighted by molar-refractivity contribution is 5.95. The molecule has 2 aromatic heterocycles. The molecule has 0 aliphatic heterocycles. The second-order valence-electron chi connectivity index (χ2n) is 5.46. The van der Waals surface area contributed by atoms with Crippen molar-refractivity contribution in [3.63, 3.8) is 0 Å². The Balaban J connectivity index is 1.67. The van der Waals surface area contributed by atoms with E-state index in [1.54, 1.807) is 35.3 Å². The Morgan fingerprint density at radius 3 is 2.54 bits per heavy atom. The topological polar surface area (TPSA) is 59.8 Å². The fourth-order valence-electron chi connectivity index (χ4n) is 2.53. The molecule has 8 heteroatoms. The van der Waals surface area contributed by atoms with Crippen LogP contribution in [-0.4, -0.2) is 27.0 Å². The van der Waals surface area contributed by atoms with Gasteiger partial charge in [-0.05, 0) is 24.3 Å². The predicted octanol–water partition coefficient (Wildman–Crippen LogP) is 3.39. The van der Waals surface area contributed by atoms with Gasteiger partial charge in [0, 0.05) is 31.7 Å². The monoisotopic (exact) mass is 360 g/mol. The van der Waals surface area contributed by atoms with Crippen molar-refractivity contribution in [3.8, 4) is 11.5 Å². The molecule has 0 aliphatic rings.